The first-order valence-corrected chi connectivity index (χ1v) is 9.44. The van der Waals surface area contributed by atoms with Gasteiger partial charge in [-0.25, -0.2) is 0 Å². The summed E-state index contributed by atoms with van der Waals surface area (Å²) < 4.78 is 6.49. The van der Waals surface area contributed by atoms with Gasteiger partial charge in [-0.05, 0) is 67.0 Å². The summed E-state index contributed by atoms with van der Waals surface area (Å²) in [4.78, 5) is 15.0. The largest absolute Gasteiger partial charge is 0.375 e. The number of hydrogen-bond acceptors (Lipinski definition) is 4. The highest BCUT2D eigenvalue weighted by Crippen LogP contribution is 2.45. The van der Waals surface area contributed by atoms with Crippen LogP contribution in [-0.4, -0.2) is 16.5 Å². The molecule has 1 aliphatic carbocycles. The van der Waals surface area contributed by atoms with Gasteiger partial charge in [0.25, 0.3) is 5.69 Å². The van der Waals surface area contributed by atoms with Crippen LogP contribution < -0.4 is 0 Å². The van der Waals surface area contributed by atoms with Gasteiger partial charge < -0.3 is 4.74 Å². The van der Waals surface area contributed by atoms with Gasteiger partial charge in [-0.3, -0.25) is 15.1 Å². The number of ether oxygens (including phenoxy) is 1. The third-order valence-corrected chi connectivity index (χ3v) is 5.54. The predicted octanol–water partition coefficient (Wildman–Crippen LogP) is 4.56. The molecule has 0 radical (unpaired) electrons. The van der Waals surface area contributed by atoms with Crippen LogP contribution >= 0.6 is 22.6 Å². The first-order chi connectivity index (χ1) is 12.4. The summed E-state index contributed by atoms with van der Waals surface area (Å²) >= 11 is 2.01. The third-order valence-electron chi connectivity index (χ3n) is 4.30. The van der Waals surface area contributed by atoms with Crippen molar-refractivity contribution in [2.24, 2.45) is 5.41 Å². The van der Waals surface area contributed by atoms with Crippen LogP contribution in [0.25, 0.3) is 0 Å². The fourth-order valence-electron chi connectivity index (χ4n) is 2.74. The SMILES string of the molecule is Cc1cc(C#CC2(COCc3cccc([N+](=O)[O-])c3I)CC2)cc(C)n1. The summed E-state index contributed by atoms with van der Waals surface area (Å²) in [6.07, 6.45) is 2.05. The number of hydrogen-bond donors (Lipinski definition) is 0. The Morgan fingerprint density at radius 1 is 1.31 bits per heavy atom. The molecular formula is C20H19IN2O3. The first-order valence-electron chi connectivity index (χ1n) is 8.37. The summed E-state index contributed by atoms with van der Waals surface area (Å²) in [7, 11) is 0. The third kappa shape index (κ3) is 4.59. The molecule has 1 aromatic heterocycles. The van der Waals surface area contributed by atoms with Crippen LogP contribution in [0.3, 0.4) is 0 Å². The molecule has 0 aliphatic heterocycles. The van der Waals surface area contributed by atoms with E-state index in [1.54, 1.807) is 6.07 Å². The minimum absolute atomic E-state index is 0.0861. The van der Waals surface area contributed by atoms with Crippen molar-refractivity contribution >= 4 is 28.3 Å². The second kappa shape index (κ2) is 7.72. The average Bonchev–Trinajstić information content (AvgIpc) is 3.34. The summed E-state index contributed by atoms with van der Waals surface area (Å²) in [5, 5.41) is 11.0. The van der Waals surface area contributed by atoms with Crippen molar-refractivity contribution < 1.29 is 9.66 Å². The molecular weight excluding hydrogens is 443 g/mol. The maximum absolute atomic E-state index is 11.0. The van der Waals surface area contributed by atoms with Crippen LogP contribution in [-0.2, 0) is 11.3 Å². The maximum atomic E-state index is 11.0. The van der Waals surface area contributed by atoms with E-state index in [2.05, 4.69) is 16.8 Å². The lowest BCUT2D eigenvalue weighted by molar-refractivity contribution is -0.385. The van der Waals surface area contributed by atoms with Crippen LogP contribution in [0, 0.1) is 44.8 Å². The molecule has 6 heteroatoms. The van der Waals surface area contributed by atoms with Gasteiger partial charge in [0.05, 0.1) is 27.1 Å². The highest BCUT2D eigenvalue weighted by molar-refractivity contribution is 14.1. The molecule has 134 valence electrons. The summed E-state index contributed by atoms with van der Waals surface area (Å²) in [6.45, 7) is 4.84. The minimum Gasteiger partial charge on any atom is -0.375 e. The van der Waals surface area contributed by atoms with Gasteiger partial charge in [0.15, 0.2) is 0 Å². The molecule has 0 atom stereocenters. The Morgan fingerprint density at radius 3 is 2.62 bits per heavy atom. The number of halogens is 1. The molecule has 2 aromatic rings. The van der Waals surface area contributed by atoms with Crippen LogP contribution in [0.4, 0.5) is 5.69 Å². The van der Waals surface area contributed by atoms with Crippen molar-refractivity contribution in [1.82, 2.24) is 4.98 Å². The second-order valence-corrected chi connectivity index (χ2v) is 7.75. The van der Waals surface area contributed by atoms with Crippen molar-refractivity contribution in [3.05, 3.63) is 66.5 Å². The minimum atomic E-state index is -0.363. The normalized spacial score (nSPS) is 14.4. The van der Waals surface area contributed by atoms with Gasteiger partial charge in [-0.15, -0.1) is 0 Å². The van der Waals surface area contributed by atoms with E-state index in [4.69, 9.17) is 4.74 Å². The second-order valence-electron chi connectivity index (χ2n) is 6.67. The zero-order valence-electron chi connectivity index (χ0n) is 14.7. The number of aryl methyl sites for hydroxylation is 2. The van der Waals surface area contributed by atoms with E-state index < -0.39 is 0 Å². The lowest BCUT2D eigenvalue weighted by Crippen LogP contribution is -2.09. The van der Waals surface area contributed by atoms with E-state index in [0.29, 0.717) is 16.8 Å². The number of benzene rings is 1. The summed E-state index contributed by atoms with van der Waals surface area (Å²) in [5.41, 5.74) is 3.79. The number of rotatable bonds is 5. The molecule has 1 heterocycles. The van der Waals surface area contributed by atoms with Gasteiger partial charge in [0.1, 0.15) is 0 Å². The molecule has 0 amide bonds. The highest BCUT2D eigenvalue weighted by atomic mass is 127. The van der Waals surface area contributed by atoms with Crippen molar-refractivity contribution in [1.29, 1.82) is 0 Å². The Labute approximate surface area is 166 Å². The van der Waals surface area contributed by atoms with E-state index in [0.717, 1.165) is 35.4 Å². The number of pyridine rings is 1. The quantitative estimate of drug-likeness (QED) is 0.283. The Balaban J connectivity index is 1.63. The molecule has 1 fully saturated rings. The van der Waals surface area contributed by atoms with Crippen molar-refractivity contribution in [3.63, 3.8) is 0 Å². The fourth-order valence-corrected chi connectivity index (χ4v) is 3.46. The lowest BCUT2D eigenvalue weighted by Gasteiger charge is -2.10. The van der Waals surface area contributed by atoms with Gasteiger partial charge in [-0.2, -0.15) is 0 Å². The molecule has 3 rings (SSSR count). The van der Waals surface area contributed by atoms with E-state index in [1.165, 1.54) is 6.07 Å². The van der Waals surface area contributed by atoms with Crippen LogP contribution in [0.2, 0.25) is 0 Å². The van der Waals surface area contributed by atoms with Crippen LogP contribution in [0.5, 0.6) is 0 Å². The topological polar surface area (TPSA) is 65.3 Å². The average molecular weight is 462 g/mol. The van der Waals surface area contributed by atoms with E-state index in [1.807, 2.05) is 54.6 Å². The Bertz CT molecular complexity index is 891. The fraction of sp³-hybridized carbons (Fsp3) is 0.350. The zero-order chi connectivity index (χ0) is 18.7. The molecule has 0 bridgehead atoms. The first kappa shape index (κ1) is 18.8. The highest BCUT2D eigenvalue weighted by Gasteiger charge is 2.41. The number of nitro benzene ring substituents is 1. The van der Waals surface area contributed by atoms with Crippen LogP contribution in [0.1, 0.15) is 35.4 Å². The predicted molar refractivity (Wildman–Crippen MR) is 108 cm³/mol. The molecule has 1 saturated carbocycles. The van der Waals surface area contributed by atoms with E-state index in [-0.39, 0.29) is 16.0 Å². The van der Waals surface area contributed by atoms with E-state index in [9.17, 15) is 10.1 Å². The summed E-state index contributed by atoms with van der Waals surface area (Å²) in [6, 6.07) is 9.05. The number of nitrogens with zero attached hydrogens (tertiary/aromatic N) is 2. The van der Waals surface area contributed by atoms with E-state index >= 15 is 0 Å². The van der Waals surface area contributed by atoms with Crippen molar-refractivity contribution in [2.75, 3.05) is 6.61 Å². The molecule has 1 aromatic carbocycles. The zero-order valence-corrected chi connectivity index (χ0v) is 16.9. The standard InChI is InChI=1S/C20H19IN2O3/c1-14-10-16(11-15(2)22-14)6-7-20(8-9-20)13-26-12-17-4-3-5-18(19(17)21)23(24)25/h3-5,10-11H,8-9,12-13H2,1-2H3. The monoisotopic (exact) mass is 462 g/mol. The molecule has 0 unspecified atom stereocenters. The van der Waals surface area contributed by atoms with Crippen molar-refractivity contribution in [3.8, 4) is 11.8 Å². The molecule has 0 N–H and O–H groups in total. The van der Waals surface area contributed by atoms with Gasteiger partial charge in [0.2, 0.25) is 0 Å². The smallest absolute Gasteiger partial charge is 0.283 e. The Kier molecular flexibility index (Phi) is 5.58. The summed E-state index contributed by atoms with van der Waals surface area (Å²) in [5.74, 6) is 6.61. The molecule has 0 saturated heterocycles. The Hall–Kier alpha value is -1.98. The maximum Gasteiger partial charge on any atom is 0.283 e. The number of nitro groups is 1. The number of aromatic nitrogens is 1. The van der Waals surface area contributed by atoms with Crippen LogP contribution in [0.15, 0.2) is 30.3 Å². The van der Waals surface area contributed by atoms with Gasteiger partial charge in [-0.1, -0.05) is 24.0 Å². The van der Waals surface area contributed by atoms with Gasteiger partial charge in [0, 0.05) is 23.0 Å². The molecule has 26 heavy (non-hydrogen) atoms. The van der Waals surface area contributed by atoms with Gasteiger partial charge >= 0.3 is 0 Å². The lowest BCUT2D eigenvalue weighted by atomic mass is 10.1. The molecule has 1 aliphatic rings. The van der Waals surface area contributed by atoms with Crippen molar-refractivity contribution in [2.45, 2.75) is 33.3 Å². The molecule has 5 nitrogen and oxygen atoms in total. The molecule has 0 spiro atoms. The Morgan fingerprint density at radius 2 is 2.00 bits per heavy atom.